The Labute approximate surface area is 128 Å². The van der Waals surface area contributed by atoms with E-state index in [2.05, 4.69) is 34.6 Å². The van der Waals surface area contributed by atoms with E-state index in [1.165, 1.54) is 0 Å². The molecule has 2 atom stereocenters. The van der Waals surface area contributed by atoms with Crippen molar-refractivity contribution in [1.29, 1.82) is 0 Å². The van der Waals surface area contributed by atoms with Crippen LogP contribution in [0.3, 0.4) is 0 Å². The molecule has 1 fully saturated rings. The van der Waals surface area contributed by atoms with Gasteiger partial charge in [-0.15, -0.1) is 0 Å². The summed E-state index contributed by atoms with van der Waals surface area (Å²) in [7, 11) is 1.66. The van der Waals surface area contributed by atoms with Gasteiger partial charge >= 0.3 is 0 Å². The fourth-order valence-electron chi connectivity index (χ4n) is 3.70. The third-order valence-electron chi connectivity index (χ3n) is 4.99. The third-order valence-corrected chi connectivity index (χ3v) is 4.99. The average Bonchev–Trinajstić information content (AvgIpc) is 2.40. The molecule has 3 nitrogen and oxygen atoms in total. The van der Waals surface area contributed by atoms with Gasteiger partial charge < -0.3 is 14.6 Å². The molecule has 0 aliphatic carbocycles. The summed E-state index contributed by atoms with van der Waals surface area (Å²) < 4.78 is 11.5. The van der Waals surface area contributed by atoms with Gasteiger partial charge in [-0.2, -0.15) is 0 Å². The van der Waals surface area contributed by atoms with Crippen molar-refractivity contribution in [2.75, 3.05) is 13.7 Å². The van der Waals surface area contributed by atoms with Crippen molar-refractivity contribution in [3.05, 3.63) is 29.8 Å². The van der Waals surface area contributed by atoms with Crippen LogP contribution in [0.25, 0.3) is 0 Å². The van der Waals surface area contributed by atoms with Crippen LogP contribution in [-0.2, 0) is 4.74 Å². The highest BCUT2D eigenvalue weighted by Crippen LogP contribution is 2.57. The van der Waals surface area contributed by atoms with Crippen LogP contribution in [0.15, 0.2) is 24.3 Å². The largest absolute Gasteiger partial charge is 0.496 e. The van der Waals surface area contributed by atoms with Crippen molar-refractivity contribution in [2.24, 2.45) is 10.8 Å². The number of aliphatic hydroxyl groups is 1. The average molecular weight is 292 g/mol. The van der Waals surface area contributed by atoms with Gasteiger partial charge in [-0.25, -0.2) is 0 Å². The maximum Gasteiger partial charge on any atom is 0.124 e. The van der Waals surface area contributed by atoms with Crippen LogP contribution in [0.2, 0.25) is 0 Å². The van der Waals surface area contributed by atoms with Crippen LogP contribution in [0.1, 0.15) is 52.7 Å². The fourth-order valence-corrected chi connectivity index (χ4v) is 3.70. The Morgan fingerprint density at radius 2 is 1.86 bits per heavy atom. The molecule has 0 bridgehead atoms. The minimum absolute atomic E-state index is 0.241. The fraction of sp³-hybridized carbons (Fsp3) is 0.667. The zero-order chi connectivity index (χ0) is 15.9. The van der Waals surface area contributed by atoms with Crippen molar-refractivity contribution in [3.8, 4) is 5.75 Å². The molecular weight excluding hydrogens is 264 g/mol. The van der Waals surface area contributed by atoms with Crippen LogP contribution >= 0.6 is 0 Å². The van der Waals surface area contributed by atoms with Crippen molar-refractivity contribution >= 4 is 0 Å². The first kappa shape index (κ1) is 16.3. The monoisotopic (exact) mass is 292 g/mol. The first-order valence-electron chi connectivity index (χ1n) is 7.62. The molecule has 1 aliphatic heterocycles. The second-order valence-electron chi connectivity index (χ2n) is 7.64. The van der Waals surface area contributed by atoms with E-state index < -0.39 is 11.7 Å². The van der Waals surface area contributed by atoms with Crippen molar-refractivity contribution in [3.63, 3.8) is 0 Å². The maximum atomic E-state index is 11.7. The molecule has 1 aliphatic rings. The number of para-hydroxylation sites is 1. The number of rotatable bonds is 2. The molecule has 118 valence electrons. The lowest BCUT2D eigenvalue weighted by atomic mass is 9.56. The van der Waals surface area contributed by atoms with Crippen LogP contribution in [0, 0.1) is 10.8 Å². The van der Waals surface area contributed by atoms with E-state index in [4.69, 9.17) is 9.47 Å². The van der Waals surface area contributed by atoms with Crippen molar-refractivity contribution in [1.82, 2.24) is 0 Å². The second-order valence-corrected chi connectivity index (χ2v) is 7.64. The Morgan fingerprint density at radius 3 is 2.43 bits per heavy atom. The summed E-state index contributed by atoms with van der Waals surface area (Å²) in [6.07, 6.45) is 0.448. The van der Waals surface area contributed by atoms with Crippen LogP contribution in [0.4, 0.5) is 0 Å². The lowest BCUT2D eigenvalue weighted by molar-refractivity contribution is -0.259. The topological polar surface area (TPSA) is 38.7 Å². The van der Waals surface area contributed by atoms with Gasteiger partial charge in [0.1, 0.15) is 17.5 Å². The molecule has 1 N–H and O–H groups in total. The summed E-state index contributed by atoms with van der Waals surface area (Å²) in [4.78, 5) is 0. The summed E-state index contributed by atoms with van der Waals surface area (Å²) in [6, 6.07) is 7.81. The first-order valence-corrected chi connectivity index (χ1v) is 7.62. The number of ether oxygens (including phenoxy) is 2. The minimum Gasteiger partial charge on any atom is -0.496 e. The predicted octanol–water partition coefficient (Wildman–Crippen LogP) is 3.96. The highest BCUT2D eigenvalue weighted by Gasteiger charge is 2.59. The third kappa shape index (κ3) is 2.47. The van der Waals surface area contributed by atoms with E-state index in [1.807, 2.05) is 24.3 Å². The Bertz CT molecular complexity index is 501. The summed E-state index contributed by atoms with van der Waals surface area (Å²) in [6.45, 7) is 11.1. The molecule has 0 spiro atoms. The van der Waals surface area contributed by atoms with E-state index >= 15 is 0 Å². The molecule has 2 rings (SSSR count). The molecule has 0 aromatic heterocycles. The molecule has 0 amide bonds. The Hall–Kier alpha value is -1.06. The van der Waals surface area contributed by atoms with Gasteiger partial charge in [0.2, 0.25) is 0 Å². The second kappa shape index (κ2) is 5.29. The summed E-state index contributed by atoms with van der Waals surface area (Å²) in [5, 5.41) is 11.7. The lowest BCUT2D eigenvalue weighted by Gasteiger charge is -2.57. The van der Waals surface area contributed by atoms with E-state index in [0.29, 0.717) is 6.61 Å². The molecule has 3 heteroatoms. The molecule has 0 radical (unpaired) electrons. The number of hydrogen-bond donors (Lipinski definition) is 1. The van der Waals surface area contributed by atoms with Gasteiger partial charge in [0.15, 0.2) is 0 Å². The summed E-state index contributed by atoms with van der Waals surface area (Å²) in [5.74, 6) is 0.767. The minimum atomic E-state index is -0.979. The quantitative estimate of drug-likeness (QED) is 0.896. The van der Waals surface area contributed by atoms with Gasteiger partial charge in [-0.05, 0) is 23.3 Å². The number of methoxy groups -OCH3 is 1. The van der Waals surface area contributed by atoms with Crippen LogP contribution in [0.5, 0.6) is 5.75 Å². The Balaban J connectivity index is 2.60. The van der Waals surface area contributed by atoms with Gasteiger partial charge in [0.25, 0.3) is 0 Å². The molecule has 21 heavy (non-hydrogen) atoms. The highest BCUT2D eigenvalue weighted by atomic mass is 16.5. The Kier molecular flexibility index (Phi) is 4.11. The summed E-state index contributed by atoms with van der Waals surface area (Å²) >= 11 is 0. The molecule has 1 heterocycles. The van der Waals surface area contributed by atoms with Gasteiger partial charge in [-0.1, -0.05) is 52.8 Å². The standard InChI is InChI=1S/C18H28O3/c1-16(2,3)18(19)15(21-12-11-17(18,4)5)13-9-7-8-10-14(13)20-6/h7-10,15,19H,11-12H2,1-6H3. The van der Waals surface area contributed by atoms with Gasteiger partial charge in [0.05, 0.1) is 7.11 Å². The molecular formula is C18H28O3. The van der Waals surface area contributed by atoms with E-state index in [-0.39, 0.29) is 10.8 Å². The number of benzene rings is 1. The van der Waals surface area contributed by atoms with E-state index in [0.717, 1.165) is 17.7 Å². The predicted molar refractivity (Wildman–Crippen MR) is 84.5 cm³/mol. The summed E-state index contributed by atoms with van der Waals surface area (Å²) in [5.41, 5.74) is -0.616. The Morgan fingerprint density at radius 1 is 1.24 bits per heavy atom. The smallest absolute Gasteiger partial charge is 0.124 e. The molecule has 1 saturated heterocycles. The zero-order valence-electron chi connectivity index (χ0n) is 14.1. The van der Waals surface area contributed by atoms with Crippen LogP contribution in [-0.4, -0.2) is 24.4 Å². The zero-order valence-corrected chi connectivity index (χ0v) is 14.1. The van der Waals surface area contributed by atoms with E-state index in [1.54, 1.807) is 7.11 Å². The van der Waals surface area contributed by atoms with Crippen molar-refractivity contribution < 1.29 is 14.6 Å². The normalized spacial score (nSPS) is 29.2. The molecule has 1 aromatic carbocycles. The lowest BCUT2D eigenvalue weighted by Crippen LogP contribution is -2.61. The first-order chi connectivity index (χ1) is 9.65. The van der Waals surface area contributed by atoms with Crippen LogP contribution < -0.4 is 4.74 Å². The molecule has 2 unspecified atom stereocenters. The maximum absolute atomic E-state index is 11.7. The number of hydrogen-bond acceptors (Lipinski definition) is 3. The molecule has 0 saturated carbocycles. The van der Waals surface area contributed by atoms with Gasteiger partial charge in [-0.3, -0.25) is 0 Å². The molecule has 1 aromatic rings. The highest BCUT2D eigenvalue weighted by molar-refractivity contribution is 5.38. The van der Waals surface area contributed by atoms with Crippen molar-refractivity contribution in [2.45, 2.75) is 52.7 Å². The van der Waals surface area contributed by atoms with Gasteiger partial charge in [0, 0.05) is 12.2 Å². The van der Waals surface area contributed by atoms with E-state index in [9.17, 15) is 5.11 Å². The SMILES string of the molecule is COc1ccccc1C1OCCC(C)(C)C1(O)C(C)(C)C.